The van der Waals surface area contributed by atoms with Crippen LogP contribution >= 0.6 is 11.6 Å². The number of methoxy groups -OCH3 is 1. The topological polar surface area (TPSA) is 38.7 Å². The lowest BCUT2D eigenvalue weighted by Gasteiger charge is -2.38. The molecule has 1 aromatic rings. The lowest BCUT2D eigenvalue weighted by atomic mass is 9.71. The van der Waals surface area contributed by atoms with Gasteiger partial charge in [-0.15, -0.1) is 0 Å². The van der Waals surface area contributed by atoms with Crippen molar-refractivity contribution in [1.29, 1.82) is 0 Å². The average Bonchev–Trinajstić information content (AvgIpc) is 2.30. The molecule has 0 heterocycles. The summed E-state index contributed by atoms with van der Waals surface area (Å²) in [5, 5.41) is 0.611. The standard InChI is InChI=1S/C14H16ClNO2/c1-9-7-11(13(18-3)12(15)10(9)2)14(16-8-17)5-4-6-14/h7H,4-6H2,1-3H3. The summed E-state index contributed by atoms with van der Waals surface area (Å²) in [6.45, 7) is 3.96. The van der Waals surface area contributed by atoms with Crippen LogP contribution in [0.25, 0.3) is 0 Å². The molecular weight excluding hydrogens is 250 g/mol. The summed E-state index contributed by atoms with van der Waals surface area (Å²) in [4.78, 5) is 14.7. The van der Waals surface area contributed by atoms with Gasteiger partial charge in [0.2, 0.25) is 6.08 Å². The Bertz CT molecular complexity index is 529. The van der Waals surface area contributed by atoms with Crippen molar-refractivity contribution < 1.29 is 9.53 Å². The fraction of sp³-hybridized carbons (Fsp3) is 0.500. The second-order valence-electron chi connectivity index (χ2n) is 4.80. The lowest BCUT2D eigenvalue weighted by Crippen LogP contribution is -2.32. The van der Waals surface area contributed by atoms with Crippen molar-refractivity contribution >= 4 is 17.7 Å². The van der Waals surface area contributed by atoms with Crippen LogP contribution in [0.3, 0.4) is 0 Å². The molecule has 0 saturated heterocycles. The summed E-state index contributed by atoms with van der Waals surface area (Å²) < 4.78 is 5.42. The zero-order valence-electron chi connectivity index (χ0n) is 10.8. The van der Waals surface area contributed by atoms with E-state index in [0.29, 0.717) is 10.8 Å². The number of ether oxygens (including phenoxy) is 1. The van der Waals surface area contributed by atoms with E-state index in [1.807, 2.05) is 19.9 Å². The molecular formula is C14H16ClNO2. The quantitative estimate of drug-likeness (QED) is 0.618. The summed E-state index contributed by atoms with van der Waals surface area (Å²) in [5.74, 6) is 0.637. The highest BCUT2D eigenvalue weighted by Gasteiger charge is 2.42. The fourth-order valence-electron chi connectivity index (χ4n) is 2.44. The van der Waals surface area contributed by atoms with Gasteiger partial charge in [0, 0.05) is 5.56 Å². The van der Waals surface area contributed by atoms with Crippen LogP contribution in [-0.2, 0) is 10.3 Å². The minimum absolute atomic E-state index is 0.477. The smallest absolute Gasteiger partial charge is 0.235 e. The van der Waals surface area contributed by atoms with Crippen LogP contribution in [0, 0.1) is 13.8 Å². The third-order valence-corrected chi connectivity index (χ3v) is 4.33. The van der Waals surface area contributed by atoms with Crippen molar-refractivity contribution in [2.75, 3.05) is 7.11 Å². The third kappa shape index (κ3) is 1.84. The Morgan fingerprint density at radius 1 is 1.44 bits per heavy atom. The molecule has 0 unspecified atom stereocenters. The Morgan fingerprint density at radius 2 is 2.11 bits per heavy atom. The van der Waals surface area contributed by atoms with E-state index in [0.717, 1.165) is 36.0 Å². The highest BCUT2D eigenvalue weighted by Crippen LogP contribution is 2.50. The highest BCUT2D eigenvalue weighted by atomic mass is 35.5. The van der Waals surface area contributed by atoms with Crippen LogP contribution in [0.1, 0.15) is 36.0 Å². The first kappa shape index (κ1) is 13.1. The van der Waals surface area contributed by atoms with E-state index < -0.39 is 5.54 Å². The molecule has 4 heteroatoms. The summed E-state index contributed by atoms with van der Waals surface area (Å²) in [6, 6.07) is 2.03. The molecule has 0 amide bonds. The summed E-state index contributed by atoms with van der Waals surface area (Å²) in [7, 11) is 1.59. The lowest BCUT2D eigenvalue weighted by molar-refractivity contribution is 0.246. The van der Waals surface area contributed by atoms with Crippen LogP contribution in [0.2, 0.25) is 5.02 Å². The summed E-state index contributed by atoms with van der Waals surface area (Å²) in [6.07, 6.45) is 4.43. The van der Waals surface area contributed by atoms with Gasteiger partial charge in [0.15, 0.2) is 0 Å². The Balaban J connectivity index is 2.67. The van der Waals surface area contributed by atoms with E-state index in [1.165, 1.54) is 0 Å². The molecule has 1 saturated carbocycles. The second-order valence-corrected chi connectivity index (χ2v) is 5.18. The molecule has 1 aliphatic carbocycles. The number of aliphatic imine (C=N–C) groups is 1. The number of benzene rings is 1. The van der Waals surface area contributed by atoms with Crippen LogP contribution in [0.5, 0.6) is 5.75 Å². The van der Waals surface area contributed by atoms with Crippen molar-refractivity contribution in [1.82, 2.24) is 0 Å². The van der Waals surface area contributed by atoms with Crippen LogP contribution in [-0.4, -0.2) is 13.2 Å². The van der Waals surface area contributed by atoms with E-state index in [1.54, 1.807) is 13.2 Å². The maximum Gasteiger partial charge on any atom is 0.235 e. The zero-order chi connectivity index (χ0) is 13.3. The Morgan fingerprint density at radius 3 is 2.56 bits per heavy atom. The average molecular weight is 266 g/mol. The molecule has 3 nitrogen and oxygen atoms in total. The largest absolute Gasteiger partial charge is 0.495 e. The monoisotopic (exact) mass is 265 g/mol. The molecule has 18 heavy (non-hydrogen) atoms. The Hall–Kier alpha value is -1.31. The minimum Gasteiger partial charge on any atom is -0.495 e. The predicted octanol–water partition coefficient (Wildman–Crippen LogP) is 3.68. The maximum atomic E-state index is 10.7. The van der Waals surface area contributed by atoms with Crippen molar-refractivity contribution in [2.45, 2.75) is 38.6 Å². The number of hydrogen-bond donors (Lipinski definition) is 0. The predicted molar refractivity (Wildman–Crippen MR) is 71.1 cm³/mol. The first-order chi connectivity index (χ1) is 8.55. The van der Waals surface area contributed by atoms with Gasteiger partial charge in [-0.2, -0.15) is 4.99 Å². The number of aryl methyl sites for hydroxylation is 1. The number of hydrogen-bond acceptors (Lipinski definition) is 3. The molecule has 2 rings (SSSR count). The van der Waals surface area contributed by atoms with E-state index in [-0.39, 0.29) is 0 Å². The van der Waals surface area contributed by atoms with Crippen molar-refractivity contribution in [3.8, 4) is 5.75 Å². The van der Waals surface area contributed by atoms with E-state index in [2.05, 4.69) is 4.99 Å². The second kappa shape index (κ2) is 4.75. The molecule has 96 valence electrons. The fourth-order valence-corrected chi connectivity index (χ4v) is 2.77. The van der Waals surface area contributed by atoms with Gasteiger partial charge in [-0.05, 0) is 50.3 Å². The highest BCUT2D eigenvalue weighted by molar-refractivity contribution is 6.33. The van der Waals surface area contributed by atoms with Crippen LogP contribution < -0.4 is 4.74 Å². The van der Waals surface area contributed by atoms with Crippen molar-refractivity contribution in [3.05, 3.63) is 27.8 Å². The summed E-state index contributed by atoms with van der Waals surface area (Å²) >= 11 is 6.33. The van der Waals surface area contributed by atoms with E-state index >= 15 is 0 Å². The minimum atomic E-state index is -0.477. The van der Waals surface area contributed by atoms with Crippen molar-refractivity contribution in [3.63, 3.8) is 0 Å². The molecule has 1 fully saturated rings. The normalized spacial score (nSPS) is 16.7. The van der Waals surface area contributed by atoms with Gasteiger partial charge in [0.1, 0.15) is 11.3 Å². The Kier molecular flexibility index (Phi) is 3.47. The van der Waals surface area contributed by atoms with Gasteiger partial charge < -0.3 is 4.74 Å². The van der Waals surface area contributed by atoms with Gasteiger partial charge >= 0.3 is 0 Å². The molecule has 0 radical (unpaired) electrons. The van der Waals surface area contributed by atoms with E-state index in [9.17, 15) is 4.79 Å². The van der Waals surface area contributed by atoms with Gasteiger partial charge in [0.25, 0.3) is 0 Å². The Labute approximate surface area is 112 Å². The van der Waals surface area contributed by atoms with Gasteiger partial charge in [0.05, 0.1) is 12.1 Å². The molecule has 1 aromatic carbocycles. The van der Waals surface area contributed by atoms with E-state index in [4.69, 9.17) is 16.3 Å². The zero-order valence-corrected chi connectivity index (χ0v) is 11.6. The van der Waals surface area contributed by atoms with Crippen LogP contribution in [0.15, 0.2) is 11.1 Å². The van der Waals surface area contributed by atoms with Crippen molar-refractivity contribution in [2.24, 2.45) is 4.99 Å². The third-order valence-electron chi connectivity index (χ3n) is 3.87. The summed E-state index contributed by atoms with van der Waals surface area (Å²) in [5.41, 5.74) is 2.52. The molecule has 0 atom stereocenters. The molecule has 0 aliphatic heterocycles. The van der Waals surface area contributed by atoms with Gasteiger partial charge in [-0.25, -0.2) is 4.79 Å². The first-order valence-corrected chi connectivity index (χ1v) is 6.37. The molecule has 0 bridgehead atoms. The molecule has 0 spiro atoms. The molecule has 0 N–H and O–H groups in total. The number of nitrogens with zero attached hydrogens (tertiary/aromatic N) is 1. The SMILES string of the molecule is COc1c(C2(N=C=O)CCC2)cc(C)c(C)c1Cl. The van der Waals surface area contributed by atoms with Crippen LogP contribution in [0.4, 0.5) is 0 Å². The number of isocyanates is 1. The number of halogens is 1. The maximum absolute atomic E-state index is 10.7. The first-order valence-electron chi connectivity index (χ1n) is 5.99. The number of carbonyl (C=O) groups excluding carboxylic acids is 1. The van der Waals surface area contributed by atoms with Gasteiger partial charge in [-0.1, -0.05) is 11.6 Å². The number of rotatable bonds is 3. The van der Waals surface area contributed by atoms with Gasteiger partial charge in [-0.3, -0.25) is 0 Å². The molecule has 1 aliphatic rings. The molecule has 0 aromatic heterocycles.